The number of fused-ring (bicyclic) bond motifs is 3. The Labute approximate surface area is 412 Å². The van der Waals surface area contributed by atoms with E-state index in [9.17, 15) is 18.7 Å². The number of hydrogen-bond donors (Lipinski definition) is 4. The number of piperidine rings is 1. The predicted octanol–water partition coefficient (Wildman–Crippen LogP) is 10.2. The molecular formula is C53H74F2N8O7. The Balaban J connectivity index is 0.000000236. The smallest absolute Gasteiger partial charge is 0.303 e. The van der Waals surface area contributed by atoms with Gasteiger partial charge in [-0.1, -0.05) is 40.5 Å². The maximum Gasteiger partial charge on any atom is 0.303 e. The molecule has 0 spiro atoms. The summed E-state index contributed by atoms with van der Waals surface area (Å²) < 4.78 is 50.8. The molecule has 2 aromatic carbocycles. The van der Waals surface area contributed by atoms with Gasteiger partial charge in [0.2, 0.25) is 0 Å². The number of aliphatic hydroxyl groups excluding tert-OH is 1. The maximum absolute atomic E-state index is 13.4. The standard InChI is InChI=1S/C24H27FN4O3.C23H25FN4O4.C4H10.C2H6.3H2/c25-17-4-7-20-21(12-17)28-24(27-20)16-3-8-22(26-13-16)29-10-9-19(14-29)32-18-5-1-15(2-6-18)11-23(30)31;24-14-2-3-16-17(9-14)27-23(26-16)13-1-4-20(25-10-13)28-7-5-15(6-8-28)32-19-12-31-21-18(29)11-30-22(19)21;1-3-4-2;1-2;;;/h3-4,7-8,12-13,15,18-19H,1-2,5-6,9-11,14H2,(H,27,28)(H,30,31);1-4,9-10,15,18-19,21-22,29H,5-8,11-12H2,(H,26,27);3-4H2,1-2H3;1-2H3;3*1H/t;18-,19+,21?,22-;;;;;/m.1...../s1. The molecule has 17 heteroatoms. The average Bonchev–Trinajstić information content (AvgIpc) is 4.25. The van der Waals surface area contributed by atoms with Gasteiger partial charge in [0.05, 0.1) is 53.6 Å². The van der Waals surface area contributed by atoms with E-state index < -0.39 is 12.1 Å². The highest BCUT2D eigenvalue weighted by Gasteiger charge is 2.48. The minimum absolute atomic E-state index is 0. The summed E-state index contributed by atoms with van der Waals surface area (Å²) in [4.78, 5) is 40.0. The van der Waals surface area contributed by atoms with E-state index in [-0.39, 0.29) is 59.0 Å². The van der Waals surface area contributed by atoms with Crippen LogP contribution >= 0.6 is 0 Å². The van der Waals surface area contributed by atoms with Crippen LogP contribution in [0, 0.1) is 17.6 Å². The molecule has 1 saturated carbocycles. The van der Waals surface area contributed by atoms with E-state index in [1.165, 1.54) is 37.1 Å². The largest absolute Gasteiger partial charge is 0.481 e. The molecule has 2 unspecified atom stereocenters. The van der Waals surface area contributed by atoms with Crippen LogP contribution in [-0.4, -0.2) is 128 Å². The van der Waals surface area contributed by atoms with E-state index in [4.69, 9.17) is 24.1 Å². The lowest BCUT2D eigenvalue weighted by Crippen LogP contribution is -2.41. The monoisotopic (exact) mass is 973 g/mol. The third-order valence-electron chi connectivity index (χ3n) is 13.7. The number of nitrogens with zero attached hydrogens (tertiary/aromatic N) is 6. The number of aliphatic hydroxyl groups is 1. The van der Waals surface area contributed by atoms with Crippen LogP contribution in [0.1, 0.15) is 96.2 Å². The van der Waals surface area contributed by atoms with Crippen molar-refractivity contribution in [2.45, 2.75) is 135 Å². The molecule has 6 aromatic rings. The summed E-state index contributed by atoms with van der Waals surface area (Å²) in [6.07, 6.45) is 12.5. The van der Waals surface area contributed by atoms with Gasteiger partial charge in [-0.25, -0.2) is 28.7 Å². The van der Waals surface area contributed by atoms with Crippen LogP contribution < -0.4 is 9.80 Å². The first-order chi connectivity index (χ1) is 34.1. The number of carboxylic acids is 1. The third-order valence-corrected chi connectivity index (χ3v) is 13.7. The third kappa shape index (κ3) is 12.6. The summed E-state index contributed by atoms with van der Waals surface area (Å²) in [5.41, 5.74) is 4.50. The van der Waals surface area contributed by atoms with Gasteiger partial charge in [-0.3, -0.25) is 4.79 Å². The van der Waals surface area contributed by atoms with Crippen LogP contribution in [0.25, 0.3) is 44.8 Å². The summed E-state index contributed by atoms with van der Waals surface area (Å²) in [5, 5.41) is 18.8. The number of benzene rings is 2. The fraction of sp³-hybridized carbons (Fsp3) is 0.528. The average molecular weight is 973 g/mol. The van der Waals surface area contributed by atoms with Gasteiger partial charge in [0.1, 0.15) is 59.3 Å². The highest BCUT2D eigenvalue weighted by Crippen LogP contribution is 2.33. The molecule has 11 rings (SSSR count). The van der Waals surface area contributed by atoms with Gasteiger partial charge in [-0.05, 0) is 112 Å². The summed E-state index contributed by atoms with van der Waals surface area (Å²) in [6.45, 7) is 12.6. The number of imidazole rings is 2. The summed E-state index contributed by atoms with van der Waals surface area (Å²) in [6, 6.07) is 17.0. The first kappa shape index (κ1) is 50.8. The summed E-state index contributed by atoms with van der Waals surface area (Å²) in [7, 11) is 0. The quantitative estimate of drug-likeness (QED) is 0.0963. The van der Waals surface area contributed by atoms with Gasteiger partial charge in [0, 0.05) is 60.4 Å². The van der Waals surface area contributed by atoms with Crippen LogP contribution in [-0.2, 0) is 23.7 Å². The number of aliphatic carboxylic acids is 1. The molecule has 5 atom stereocenters. The number of H-pyrrole nitrogens is 2. The van der Waals surface area contributed by atoms with Gasteiger partial charge >= 0.3 is 5.97 Å². The summed E-state index contributed by atoms with van der Waals surface area (Å²) in [5.74, 6) is 2.18. The van der Waals surface area contributed by atoms with Crippen molar-refractivity contribution in [2.24, 2.45) is 5.92 Å². The van der Waals surface area contributed by atoms with E-state index >= 15 is 0 Å². The Morgan fingerprint density at radius 3 is 1.77 bits per heavy atom. The van der Waals surface area contributed by atoms with Crippen molar-refractivity contribution >= 4 is 39.7 Å². The minimum atomic E-state index is -0.700. The van der Waals surface area contributed by atoms with Crippen molar-refractivity contribution in [2.75, 3.05) is 49.2 Å². The number of aromatic amines is 2. The van der Waals surface area contributed by atoms with E-state index in [0.29, 0.717) is 41.8 Å². The zero-order chi connectivity index (χ0) is 49.1. The Morgan fingerprint density at radius 1 is 0.700 bits per heavy atom. The van der Waals surface area contributed by atoms with Crippen molar-refractivity contribution in [1.29, 1.82) is 0 Å². The number of unbranched alkanes of at least 4 members (excludes halogenated alkanes) is 1. The Bertz CT molecular complexity index is 2600. The number of nitrogens with one attached hydrogen (secondary N) is 2. The number of rotatable bonds is 11. The van der Waals surface area contributed by atoms with Crippen LogP contribution in [0.15, 0.2) is 73.1 Å². The second-order valence-corrected chi connectivity index (χ2v) is 18.6. The number of carbonyl (C=O) groups is 1. The van der Waals surface area contributed by atoms with Gasteiger partial charge in [-0.15, -0.1) is 0 Å². The molecule has 382 valence electrons. The number of carboxylic acid groups (broad SMARTS) is 1. The molecule has 5 fully saturated rings. The first-order valence-corrected chi connectivity index (χ1v) is 25.3. The van der Waals surface area contributed by atoms with E-state index in [1.807, 2.05) is 38.1 Å². The molecule has 4 aromatic heterocycles. The van der Waals surface area contributed by atoms with E-state index in [2.05, 4.69) is 53.6 Å². The molecule has 4 N–H and O–H groups in total. The van der Waals surface area contributed by atoms with Crippen molar-refractivity contribution in [3.63, 3.8) is 0 Å². The molecule has 4 aliphatic heterocycles. The van der Waals surface area contributed by atoms with Crippen LogP contribution in [0.4, 0.5) is 20.4 Å². The van der Waals surface area contributed by atoms with Gasteiger partial charge < -0.3 is 48.9 Å². The number of anilines is 2. The van der Waals surface area contributed by atoms with Crippen LogP contribution in [0.5, 0.6) is 0 Å². The van der Waals surface area contributed by atoms with Crippen molar-refractivity contribution in [3.05, 3.63) is 84.7 Å². The number of ether oxygens (including phenoxy) is 4. The lowest BCUT2D eigenvalue weighted by Gasteiger charge is -2.34. The number of aromatic nitrogens is 6. The van der Waals surface area contributed by atoms with Crippen LogP contribution in [0.2, 0.25) is 0 Å². The molecule has 70 heavy (non-hydrogen) atoms. The molecular weight excluding hydrogens is 899 g/mol. The summed E-state index contributed by atoms with van der Waals surface area (Å²) >= 11 is 0. The lowest BCUT2D eigenvalue weighted by molar-refractivity contribution is -0.138. The van der Waals surface area contributed by atoms with Gasteiger partial charge in [0.15, 0.2) is 0 Å². The lowest BCUT2D eigenvalue weighted by atomic mass is 9.85. The second kappa shape index (κ2) is 24.0. The Morgan fingerprint density at radius 2 is 1.23 bits per heavy atom. The number of hydrogen-bond acceptors (Lipinski definition) is 12. The van der Waals surface area contributed by atoms with E-state index in [0.717, 1.165) is 105 Å². The Kier molecular flexibility index (Phi) is 17.4. The number of halogens is 2. The zero-order valence-electron chi connectivity index (χ0n) is 40.7. The molecule has 8 heterocycles. The highest BCUT2D eigenvalue weighted by atomic mass is 19.1. The maximum atomic E-state index is 13.4. The molecule has 15 nitrogen and oxygen atoms in total. The van der Waals surface area contributed by atoms with Crippen LogP contribution in [0.3, 0.4) is 0 Å². The van der Waals surface area contributed by atoms with Gasteiger partial charge in [0.25, 0.3) is 0 Å². The SMILES string of the molecule is CC.CCCC.O=C(O)CC1CCC(OC2CCN(c3ccc(-c4nc5ccc(F)cc5[nH]4)cn3)C2)CC1.O[C@@H]1CO[C@H]2C1OC[C@@H]2OC1CCN(c2ccc(-c3nc4ccc(F)cc4[nH]3)cn2)CC1.[HH].[HH].[HH]. The minimum Gasteiger partial charge on any atom is -0.481 e. The first-order valence-electron chi connectivity index (χ1n) is 25.3. The second-order valence-electron chi connectivity index (χ2n) is 18.6. The van der Waals surface area contributed by atoms with Crippen molar-refractivity contribution in [1.82, 2.24) is 29.9 Å². The number of pyridine rings is 2. The Hall–Kier alpha value is -5.59. The molecule has 0 amide bonds. The topological polar surface area (TPSA) is 184 Å². The van der Waals surface area contributed by atoms with E-state index in [1.54, 1.807) is 24.5 Å². The van der Waals surface area contributed by atoms with Gasteiger partial charge in [-0.2, -0.15) is 0 Å². The zero-order valence-corrected chi connectivity index (χ0v) is 40.7. The molecule has 4 saturated heterocycles. The molecule has 1 aliphatic carbocycles. The highest BCUT2D eigenvalue weighted by molar-refractivity contribution is 5.80. The predicted molar refractivity (Wildman–Crippen MR) is 272 cm³/mol. The van der Waals surface area contributed by atoms with Crippen molar-refractivity contribution in [3.8, 4) is 22.8 Å². The molecule has 0 bridgehead atoms. The molecule has 5 aliphatic rings. The van der Waals surface area contributed by atoms with Crippen molar-refractivity contribution < 1.29 is 47.0 Å². The fourth-order valence-electron chi connectivity index (χ4n) is 9.73. The fourth-order valence-corrected chi connectivity index (χ4v) is 9.73. The normalized spacial score (nSPS) is 24.4. The molecule has 0 radical (unpaired) electrons.